The molecular weight excluding hydrogens is 239 g/mol. The summed E-state index contributed by atoms with van der Waals surface area (Å²) in [4.78, 5) is 0. The minimum absolute atomic E-state index is 0.0883. The second-order valence-corrected chi connectivity index (χ2v) is 5.21. The minimum Gasteiger partial charge on any atom is -0.271 e. The van der Waals surface area contributed by atoms with Crippen LogP contribution in [-0.2, 0) is 6.42 Å². The Morgan fingerprint density at radius 3 is 2.65 bits per heavy atom. The maximum absolute atomic E-state index is 13.5. The van der Waals surface area contributed by atoms with Crippen molar-refractivity contribution in [3.05, 3.63) is 34.6 Å². The zero-order chi connectivity index (χ0) is 12.8. The Labute approximate surface area is 107 Å². The van der Waals surface area contributed by atoms with Gasteiger partial charge in [-0.05, 0) is 48.9 Å². The fraction of sp³-hybridized carbons (Fsp3) is 0.538. The highest BCUT2D eigenvalue weighted by atomic mass is 35.5. The van der Waals surface area contributed by atoms with E-state index < -0.39 is 0 Å². The van der Waals surface area contributed by atoms with E-state index in [0.717, 1.165) is 12.8 Å². The Bertz CT molecular complexity index is 355. The Balaban J connectivity index is 2.63. The van der Waals surface area contributed by atoms with Gasteiger partial charge in [-0.2, -0.15) is 0 Å². The molecule has 2 nitrogen and oxygen atoms in total. The lowest BCUT2D eigenvalue weighted by atomic mass is 9.98. The van der Waals surface area contributed by atoms with Crippen molar-refractivity contribution in [1.82, 2.24) is 5.43 Å². The van der Waals surface area contributed by atoms with Gasteiger partial charge in [-0.15, -0.1) is 0 Å². The van der Waals surface area contributed by atoms with Crippen molar-refractivity contribution in [2.45, 2.75) is 39.2 Å². The highest BCUT2D eigenvalue weighted by Crippen LogP contribution is 2.18. The van der Waals surface area contributed by atoms with Gasteiger partial charge in [0.2, 0.25) is 0 Å². The van der Waals surface area contributed by atoms with Crippen LogP contribution in [0.5, 0.6) is 0 Å². The number of hydrazine groups is 1. The van der Waals surface area contributed by atoms with E-state index in [-0.39, 0.29) is 11.9 Å². The summed E-state index contributed by atoms with van der Waals surface area (Å²) in [5.74, 6) is 5.89. The molecule has 0 spiro atoms. The monoisotopic (exact) mass is 258 g/mol. The molecule has 0 aliphatic heterocycles. The molecule has 0 aliphatic rings. The maximum atomic E-state index is 13.5. The van der Waals surface area contributed by atoms with Gasteiger partial charge < -0.3 is 0 Å². The number of halogens is 2. The molecule has 4 heteroatoms. The molecule has 17 heavy (non-hydrogen) atoms. The molecule has 0 heterocycles. The summed E-state index contributed by atoms with van der Waals surface area (Å²) in [6.45, 7) is 4.32. The van der Waals surface area contributed by atoms with Crippen molar-refractivity contribution in [3.63, 3.8) is 0 Å². The van der Waals surface area contributed by atoms with Gasteiger partial charge in [0.15, 0.2) is 0 Å². The first kappa shape index (κ1) is 14.4. The van der Waals surface area contributed by atoms with Crippen LogP contribution in [0.1, 0.15) is 32.3 Å². The van der Waals surface area contributed by atoms with E-state index in [2.05, 4.69) is 19.3 Å². The van der Waals surface area contributed by atoms with Gasteiger partial charge in [0.05, 0.1) is 0 Å². The van der Waals surface area contributed by atoms with Gasteiger partial charge in [-0.25, -0.2) is 4.39 Å². The molecule has 0 radical (unpaired) electrons. The third-order valence-corrected chi connectivity index (χ3v) is 3.04. The maximum Gasteiger partial charge on any atom is 0.126 e. The molecule has 0 amide bonds. The Morgan fingerprint density at radius 2 is 2.06 bits per heavy atom. The Hall–Kier alpha value is -0.640. The first-order valence-electron chi connectivity index (χ1n) is 5.93. The summed E-state index contributed by atoms with van der Waals surface area (Å²) < 4.78 is 13.5. The minimum atomic E-state index is -0.223. The van der Waals surface area contributed by atoms with E-state index in [1.165, 1.54) is 6.07 Å². The van der Waals surface area contributed by atoms with E-state index in [0.29, 0.717) is 22.9 Å². The highest BCUT2D eigenvalue weighted by Gasteiger charge is 2.12. The van der Waals surface area contributed by atoms with Gasteiger partial charge in [-0.1, -0.05) is 25.4 Å². The van der Waals surface area contributed by atoms with Crippen LogP contribution in [-0.4, -0.2) is 6.04 Å². The second-order valence-electron chi connectivity index (χ2n) is 4.77. The average Bonchev–Trinajstić information content (AvgIpc) is 2.28. The predicted octanol–water partition coefficient (Wildman–Crippen LogP) is 3.29. The summed E-state index contributed by atoms with van der Waals surface area (Å²) in [6, 6.07) is 4.70. The number of benzene rings is 1. The smallest absolute Gasteiger partial charge is 0.126 e. The molecule has 0 fully saturated rings. The first-order chi connectivity index (χ1) is 8.02. The molecule has 1 aromatic rings. The number of hydrogen-bond donors (Lipinski definition) is 2. The molecule has 1 atom stereocenters. The fourth-order valence-electron chi connectivity index (χ4n) is 1.74. The summed E-state index contributed by atoms with van der Waals surface area (Å²) in [5, 5.41) is 0.557. The summed E-state index contributed by atoms with van der Waals surface area (Å²) >= 11 is 5.85. The lowest BCUT2D eigenvalue weighted by molar-refractivity contribution is 0.429. The zero-order valence-corrected chi connectivity index (χ0v) is 11.1. The van der Waals surface area contributed by atoms with E-state index in [1.807, 2.05) is 0 Å². The molecule has 0 saturated heterocycles. The van der Waals surface area contributed by atoms with Crippen LogP contribution in [0.2, 0.25) is 5.02 Å². The van der Waals surface area contributed by atoms with E-state index in [1.54, 1.807) is 12.1 Å². The van der Waals surface area contributed by atoms with Crippen LogP contribution in [0.15, 0.2) is 18.2 Å². The van der Waals surface area contributed by atoms with Gasteiger partial charge in [0, 0.05) is 11.1 Å². The topological polar surface area (TPSA) is 38.0 Å². The average molecular weight is 259 g/mol. The van der Waals surface area contributed by atoms with Gasteiger partial charge in [-0.3, -0.25) is 11.3 Å². The van der Waals surface area contributed by atoms with Crippen molar-refractivity contribution < 1.29 is 4.39 Å². The molecule has 1 aromatic carbocycles. The predicted molar refractivity (Wildman–Crippen MR) is 70.3 cm³/mol. The van der Waals surface area contributed by atoms with Crippen LogP contribution in [0.25, 0.3) is 0 Å². The zero-order valence-electron chi connectivity index (χ0n) is 10.3. The largest absolute Gasteiger partial charge is 0.271 e. The SMILES string of the molecule is CC(C)CCC(Cc1cc(Cl)ccc1F)NN. The third-order valence-electron chi connectivity index (χ3n) is 2.80. The number of nitrogens with one attached hydrogen (secondary N) is 1. The standard InChI is InChI=1S/C13H20ClFN2/c1-9(2)3-5-12(17-16)8-10-7-11(14)4-6-13(10)15/h4,6-7,9,12,17H,3,5,8,16H2,1-2H3. The number of hydrogen-bond acceptors (Lipinski definition) is 2. The van der Waals surface area contributed by atoms with Gasteiger partial charge in [0.1, 0.15) is 5.82 Å². The molecule has 0 aliphatic carbocycles. The van der Waals surface area contributed by atoms with Crippen molar-refractivity contribution in [3.8, 4) is 0 Å². The van der Waals surface area contributed by atoms with E-state index in [4.69, 9.17) is 17.4 Å². The van der Waals surface area contributed by atoms with Crippen LogP contribution < -0.4 is 11.3 Å². The lowest BCUT2D eigenvalue weighted by Crippen LogP contribution is -2.37. The summed E-state index contributed by atoms with van der Waals surface area (Å²) in [6.07, 6.45) is 2.56. The van der Waals surface area contributed by atoms with Crippen molar-refractivity contribution >= 4 is 11.6 Å². The van der Waals surface area contributed by atoms with Crippen molar-refractivity contribution in [2.24, 2.45) is 11.8 Å². The van der Waals surface area contributed by atoms with E-state index >= 15 is 0 Å². The molecule has 3 N–H and O–H groups in total. The fourth-order valence-corrected chi connectivity index (χ4v) is 1.94. The van der Waals surface area contributed by atoms with Crippen LogP contribution >= 0.6 is 11.6 Å². The Kier molecular flexibility index (Phi) is 5.89. The molecular formula is C13H20ClFN2. The van der Waals surface area contributed by atoms with Crippen LogP contribution in [0.4, 0.5) is 4.39 Å². The molecule has 0 aromatic heterocycles. The molecule has 0 bridgehead atoms. The second kappa shape index (κ2) is 6.94. The van der Waals surface area contributed by atoms with Crippen LogP contribution in [0, 0.1) is 11.7 Å². The van der Waals surface area contributed by atoms with E-state index in [9.17, 15) is 4.39 Å². The van der Waals surface area contributed by atoms with Gasteiger partial charge >= 0.3 is 0 Å². The number of nitrogens with two attached hydrogens (primary N) is 1. The molecule has 1 rings (SSSR count). The molecule has 1 unspecified atom stereocenters. The normalized spacial score (nSPS) is 13.1. The summed E-state index contributed by atoms with van der Waals surface area (Å²) in [7, 11) is 0. The lowest BCUT2D eigenvalue weighted by Gasteiger charge is -2.17. The van der Waals surface area contributed by atoms with Gasteiger partial charge in [0.25, 0.3) is 0 Å². The van der Waals surface area contributed by atoms with Crippen LogP contribution in [0.3, 0.4) is 0 Å². The first-order valence-corrected chi connectivity index (χ1v) is 6.30. The number of rotatable bonds is 6. The van der Waals surface area contributed by atoms with Crippen molar-refractivity contribution in [2.75, 3.05) is 0 Å². The third kappa shape index (κ3) is 5.02. The highest BCUT2D eigenvalue weighted by molar-refractivity contribution is 6.30. The molecule has 96 valence electrons. The summed E-state index contributed by atoms with van der Waals surface area (Å²) in [5.41, 5.74) is 3.36. The molecule has 0 saturated carbocycles. The Morgan fingerprint density at radius 1 is 1.35 bits per heavy atom. The quantitative estimate of drug-likeness (QED) is 0.607. The van der Waals surface area contributed by atoms with Crippen molar-refractivity contribution in [1.29, 1.82) is 0 Å².